The van der Waals surface area contributed by atoms with E-state index in [4.69, 9.17) is 14.2 Å². The smallest absolute Gasteiger partial charge is 0.277 e. The molecule has 0 atom stereocenters. The zero-order valence-corrected chi connectivity index (χ0v) is 15.4. The fourth-order valence-electron chi connectivity index (χ4n) is 1.83. The molecule has 0 aliphatic heterocycles. The summed E-state index contributed by atoms with van der Waals surface area (Å²) in [5, 5.41) is 3.91. The number of halogens is 1. The van der Waals surface area contributed by atoms with E-state index in [0.717, 1.165) is 3.57 Å². The molecule has 0 heterocycles. The minimum Gasteiger partial charge on any atom is -0.497 e. The first kappa shape index (κ1) is 18.1. The van der Waals surface area contributed by atoms with Gasteiger partial charge in [-0.25, -0.2) is 5.43 Å². The van der Waals surface area contributed by atoms with Crippen molar-refractivity contribution in [2.45, 2.75) is 0 Å². The van der Waals surface area contributed by atoms with E-state index < -0.39 is 0 Å². The van der Waals surface area contributed by atoms with Crippen LogP contribution >= 0.6 is 22.6 Å². The van der Waals surface area contributed by atoms with Gasteiger partial charge in [-0.1, -0.05) is 0 Å². The van der Waals surface area contributed by atoms with E-state index in [2.05, 4.69) is 33.1 Å². The Kier molecular flexibility index (Phi) is 6.86. The standard InChI is InChI=1S/C17H17IN2O4/c1-22-15-7-8-16(23-2)12(9-15)10-19-20-17(21)11-24-14-5-3-13(18)4-6-14/h3-10H,11H2,1-2H3,(H,20,21)/b19-10-. The lowest BCUT2D eigenvalue weighted by molar-refractivity contribution is -0.123. The number of carbonyl (C=O) groups is 1. The predicted molar refractivity (Wildman–Crippen MR) is 99.9 cm³/mol. The first-order valence-corrected chi connectivity index (χ1v) is 8.12. The van der Waals surface area contributed by atoms with Gasteiger partial charge in [0.15, 0.2) is 6.61 Å². The van der Waals surface area contributed by atoms with E-state index in [0.29, 0.717) is 22.8 Å². The van der Waals surface area contributed by atoms with Crippen molar-refractivity contribution in [3.05, 3.63) is 51.6 Å². The summed E-state index contributed by atoms with van der Waals surface area (Å²) in [7, 11) is 3.14. The number of methoxy groups -OCH3 is 2. The molecule has 2 aromatic carbocycles. The van der Waals surface area contributed by atoms with Gasteiger partial charge in [0.05, 0.1) is 20.4 Å². The normalized spacial score (nSPS) is 10.5. The van der Waals surface area contributed by atoms with E-state index in [1.807, 2.05) is 12.1 Å². The van der Waals surface area contributed by atoms with Gasteiger partial charge in [0.2, 0.25) is 0 Å². The summed E-state index contributed by atoms with van der Waals surface area (Å²) in [6.07, 6.45) is 1.49. The van der Waals surface area contributed by atoms with Crippen LogP contribution < -0.4 is 19.6 Å². The molecule has 6 nitrogen and oxygen atoms in total. The molecule has 0 aliphatic carbocycles. The van der Waals surface area contributed by atoms with Crippen LogP contribution in [-0.4, -0.2) is 32.9 Å². The molecular weight excluding hydrogens is 423 g/mol. The van der Waals surface area contributed by atoms with Gasteiger partial charge in [0.25, 0.3) is 5.91 Å². The van der Waals surface area contributed by atoms with Gasteiger partial charge in [-0.2, -0.15) is 5.10 Å². The van der Waals surface area contributed by atoms with E-state index in [9.17, 15) is 4.79 Å². The summed E-state index contributed by atoms with van der Waals surface area (Å²) in [4.78, 5) is 11.7. The molecule has 2 rings (SSSR count). The Labute approximate surface area is 153 Å². The maximum atomic E-state index is 11.7. The van der Waals surface area contributed by atoms with Crippen LogP contribution in [-0.2, 0) is 4.79 Å². The predicted octanol–water partition coefficient (Wildman–Crippen LogP) is 2.84. The number of amides is 1. The third-order valence-electron chi connectivity index (χ3n) is 3.01. The van der Waals surface area contributed by atoms with Crippen LogP contribution in [0.25, 0.3) is 0 Å². The molecule has 0 bridgehead atoms. The summed E-state index contributed by atoms with van der Waals surface area (Å²) in [6.45, 7) is -0.118. The van der Waals surface area contributed by atoms with Crippen LogP contribution in [0.1, 0.15) is 5.56 Å². The zero-order valence-electron chi connectivity index (χ0n) is 13.3. The number of carbonyl (C=O) groups excluding carboxylic acids is 1. The molecule has 0 saturated carbocycles. The highest BCUT2D eigenvalue weighted by atomic mass is 127. The van der Waals surface area contributed by atoms with Crippen LogP contribution in [0, 0.1) is 3.57 Å². The molecule has 2 aromatic rings. The number of hydrogen-bond acceptors (Lipinski definition) is 5. The van der Waals surface area contributed by atoms with Crippen molar-refractivity contribution < 1.29 is 19.0 Å². The highest BCUT2D eigenvalue weighted by Crippen LogP contribution is 2.22. The van der Waals surface area contributed by atoms with Crippen LogP contribution in [0.15, 0.2) is 47.6 Å². The molecule has 0 fully saturated rings. The van der Waals surface area contributed by atoms with Crippen LogP contribution in [0.2, 0.25) is 0 Å². The van der Waals surface area contributed by atoms with Gasteiger partial charge in [-0.15, -0.1) is 0 Å². The summed E-state index contributed by atoms with van der Waals surface area (Å²) in [6, 6.07) is 12.7. The summed E-state index contributed by atoms with van der Waals surface area (Å²) in [5.74, 6) is 1.57. The van der Waals surface area contributed by atoms with Crippen molar-refractivity contribution in [3.63, 3.8) is 0 Å². The van der Waals surface area contributed by atoms with Gasteiger partial charge < -0.3 is 14.2 Å². The molecule has 1 amide bonds. The maximum Gasteiger partial charge on any atom is 0.277 e. The monoisotopic (exact) mass is 440 g/mol. The van der Waals surface area contributed by atoms with E-state index in [-0.39, 0.29) is 12.5 Å². The quantitative estimate of drug-likeness (QED) is 0.409. The third-order valence-corrected chi connectivity index (χ3v) is 3.73. The highest BCUT2D eigenvalue weighted by molar-refractivity contribution is 14.1. The zero-order chi connectivity index (χ0) is 17.4. The fraction of sp³-hybridized carbons (Fsp3) is 0.176. The number of ether oxygens (including phenoxy) is 3. The maximum absolute atomic E-state index is 11.7. The van der Waals surface area contributed by atoms with Crippen molar-refractivity contribution in [3.8, 4) is 17.2 Å². The molecule has 0 radical (unpaired) electrons. The molecule has 0 aromatic heterocycles. The van der Waals surface area contributed by atoms with Crippen LogP contribution in [0.5, 0.6) is 17.2 Å². The second-order valence-electron chi connectivity index (χ2n) is 4.64. The molecule has 0 aliphatic rings. The summed E-state index contributed by atoms with van der Waals surface area (Å²) < 4.78 is 16.9. The number of nitrogens with one attached hydrogen (secondary N) is 1. The summed E-state index contributed by atoms with van der Waals surface area (Å²) in [5.41, 5.74) is 3.10. The largest absolute Gasteiger partial charge is 0.497 e. The highest BCUT2D eigenvalue weighted by Gasteiger charge is 2.04. The first-order valence-electron chi connectivity index (χ1n) is 7.04. The van der Waals surface area contributed by atoms with Crippen LogP contribution in [0.4, 0.5) is 0 Å². The Bertz CT molecular complexity index is 717. The van der Waals surface area contributed by atoms with Gasteiger partial charge in [0.1, 0.15) is 17.2 Å². The average molecular weight is 440 g/mol. The SMILES string of the molecule is COc1ccc(OC)c(/C=N\NC(=O)COc2ccc(I)cc2)c1. The summed E-state index contributed by atoms with van der Waals surface area (Å²) >= 11 is 2.20. The lowest BCUT2D eigenvalue weighted by Crippen LogP contribution is -2.24. The molecule has 24 heavy (non-hydrogen) atoms. The molecule has 7 heteroatoms. The van der Waals surface area contributed by atoms with Gasteiger partial charge >= 0.3 is 0 Å². The molecule has 0 unspecified atom stereocenters. The Morgan fingerprint density at radius 1 is 1.12 bits per heavy atom. The minimum atomic E-state index is -0.355. The number of hydrazone groups is 1. The Hall–Kier alpha value is -2.29. The number of benzene rings is 2. The van der Waals surface area contributed by atoms with E-state index >= 15 is 0 Å². The lowest BCUT2D eigenvalue weighted by atomic mass is 10.2. The van der Waals surface area contributed by atoms with Crippen molar-refractivity contribution in [2.75, 3.05) is 20.8 Å². The number of rotatable bonds is 7. The second-order valence-corrected chi connectivity index (χ2v) is 5.89. The van der Waals surface area contributed by atoms with Gasteiger partial charge in [-0.05, 0) is 65.1 Å². The van der Waals surface area contributed by atoms with E-state index in [1.54, 1.807) is 44.6 Å². The molecular formula is C17H17IN2O4. The first-order chi connectivity index (χ1) is 11.6. The molecule has 0 saturated heterocycles. The number of nitrogens with zero attached hydrogens (tertiary/aromatic N) is 1. The average Bonchev–Trinajstić information content (AvgIpc) is 2.61. The van der Waals surface area contributed by atoms with Gasteiger partial charge in [-0.3, -0.25) is 4.79 Å². The Morgan fingerprint density at radius 2 is 1.83 bits per heavy atom. The molecule has 0 spiro atoms. The topological polar surface area (TPSA) is 69.2 Å². The third kappa shape index (κ3) is 5.41. The van der Waals surface area contributed by atoms with Crippen molar-refractivity contribution in [2.24, 2.45) is 5.10 Å². The fourth-order valence-corrected chi connectivity index (χ4v) is 2.19. The van der Waals surface area contributed by atoms with Crippen LogP contribution in [0.3, 0.4) is 0 Å². The minimum absolute atomic E-state index is 0.118. The Balaban J connectivity index is 1.89. The van der Waals surface area contributed by atoms with Gasteiger partial charge in [0, 0.05) is 9.13 Å². The lowest BCUT2D eigenvalue weighted by Gasteiger charge is -2.07. The molecule has 1 N–H and O–H groups in total. The van der Waals surface area contributed by atoms with Crippen molar-refractivity contribution in [1.82, 2.24) is 5.43 Å². The second kappa shape index (κ2) is 9.11. The number of hydrogen-bond donors (Lipinski definition) is 1. The molecule has 126 valence electrons. The Morgan fingerprint density at radius 3 is 2.50 bits per heavy atom. The van der Waals surface area contributed by atoms with Crippen molar-refractivity contribution >= 4 is 34.7 Å². The van der Waals surface area contributed by atoms with Crippen molar-refractivity contribution in [1.29, 1.82) is 0 Å². The van der Waals surface area contributed by atoms with E-state index in [1.165, 1.54) is 6.21 Å².